The van der Waals surface area contributed by atoms with Crippen LogP contribution < -0.4 is 14.2 Å². The number of sulfonamides is 1. The number of benzene rings is 2. The minimum Gasteiger partial charge on any atom is -0.497 e. The maximum absolute atomic E-state index is 13.6. The van der Waals surface area contributed by atoms with Gasteiger partial charge in [-0.3, -0.25) is 14.4 Å². The highest BCUT2D eigenvalue weighted by Gasteiger charge is 2.29. The van der Waals surface area contributed by atoms with E-state index in [0.717, 1.165) is 17.9 Å². The van der Waals surface area contributed by atoms with Gasteiger partial charge in [0.05, 0.1) is 25.1 Å². The number of anilines is 1. The number of fused-ring (bicyclic) bond motifs is 1. The first-order chi connectivity index (χ1) is 19.5. The van der Waals surface area contributed by atoms with Crippen LogP contribution in [0.2, 0.25) is 0 Å². The van der Waals surface area contributed by atoms with Gasteiger partial charge in [-0.1, -0.05) is 19.1 Å². The van der Waals surface area contributed by atoms with Crippen molar-refractivity contribution in [3.8, 4) is 11.5 Å². The lowest BCUT2D eigenvalue weighted by molar-refractivity contribution is 0.00921. The molecule has 3 atom stereocenters. The van der Waals surface area contributed by atoms with Crippen LogP contribution in [0.3, 0.4) is 0 Å². The SMILES string of the molecule is COc1cccc(CN2C[C@@H](C)[C@H](OC)CN(C)C(=O)c3cc(NS(=O)(=O)c4cn(C)cn4)ccc3OC[C@H]2C)c1. The monoisotopic (exact) mass is 585 g/mol. The van der Waals surface area contributed by atoms with Crippen molar-refractivity contribution in [3.63, 3.8) is 0 Å². The summed E-state index contributed by atoms with van der Waals surface area (Å²) in [6.45, 7) is 6.27. The first kappa shape index (κ1) is 30.4. The zero-order valence-corrected chi connectivity index (χ0v) is 25.2. The number of likely N-dealkylation sites (N-methyl/N-ethyl adjacent to an activating group) is 1. The second kappa shape index (κ2) is 12.9. The van der Waals surface area contributed by atoms with Gasteiger partial charge in [-0.05, 0) is 48.7 Å². The minimum absolute atomic E-state index is 0.0106. The number of aromatic nitrogens is 2. The van der Waals surface area contributed by atoms with E-state index in [0.29, 0.717) is 25.4 Å². The third-order valence-corrected chi connectivity index (χ3v) is 8.57. The molecule has 1 N–H and O–H groups in total. The summed E-state index contributed by atoms with van der Waals surface area (Å²) in [7, 11) is 2.76. The van der Waals surface area contributed by atoms with E-state index < -0.39 is 10.0 Å². The largest absolute Gasteiger partial charge is 0.497 e. The summed E-state index contributed by atoms with van der Waals surface area (Å²) in [4.78, 5) is 21.5. The highest BCUT2D eigenvalue weighted by Crippen LogP contribution is 2.28. The lowest BCUT2D eigenvalue weighted by Gasteiger charge is -2.36. The van der Waals surface area contributed by atoms with E-state index in [2.05, 4.69) is 34.5 Å². The van der Waals surface area contributed by atoms with Gasteiger partial charge in [-0.15, -0.1) is 0 Å². The summed E-state index contributed by atoms with van der Waals surface area (Å²) in [5.74, 6) is 0.971. The van der Waals surface area contributed by atoms with Crippen molar-refractivity contribution in [3.05, 3.63) is 66.1 Å². The van der Waals surface area contributed by atoms with E-state index in [-0.39, 0.29) is 40.2 Å². The highest BCUT2D eigenvalue weighted by molar-refractivity contribution is 7.92. The first-order valence-electron chi connectivity index (χ1n) is 13.4. The van der Waals surface area contributed by atoms with E-state index >= 15 is 0 Å². The zero-order valence-electron chi connectivity index (χ0n) is 24.4. The molecule has 1 aliphatic heterocycles. The van der Waals surface area contributed by atoms with E-state index in [9.17, 15) is 13.2 Å². The van der Waals surface area contributed by atoms with Crippen LogP contribution in [0.25, 0.3) is 0 Å². The Balaban J connectivity index is 1.65. The molecule has 11 nitrogen and oxygen atoms in total. The number of nitrogens with one attached hydrogen (secondary N) is 1. The summed E-state index contributed by atoms with van der Waals surface area (Å²) in [5.41, 5.74) is 1.60. The number of carbonyl (C=O) groups is 1. The number of nitrogens with zero attached hydrogens (tertiary/aromatic N) is 4. The molecule has 222 valence electrons. The predicted molar refractivity (Wildman–Crippen MR) is 156 cm³/mol. The molecule has 0 fully saturated rings. The minimum atomic E-state index is -3.94. The van der Waals surface area contributed by atoms with Gasteiger partial charge in [0.25, 0.3) is 15.9 Å². The van der Waals surface area contributed by atoms with Crippen LogP contribution >= 0.6 is 0 Å². The van der Waals surface area contributed by atoms with Crippen molar-refractivity contribution in [1.82, 2.24) is 19.4 Å². The van der Waals surface area contributed by atoms with Crippen molar-refractivity contribution < 1.29 is 27.4 Å². The fraction of sp³-hybridized carbons (Fsp3) is 0.448. The molecule has 1 aromatic heterocycles. The van der Waals surface area contributed by atoms with Crippen LogP contribution in [-0.4, -0.2) is 86.8 Å². The Bertz CT molecular complexity index is 1460. The van der Waals surface area contributed by atoms with Crippen LogP contribution in [0, 0.1) is 5.92 Å². The quantitative estimate of drug-likeness (QED) is 0.450. The molecule has 0 unspecified atom stereocenters. The molecule has 41 heavy (non-hydrogen) atoms. The van der Waals surface area contributed by atoms with Gasteiger partial charge in [-0.2, -0.15) is 8.42 Å². The Kier molecular flexibility index (Phi) is 9.57. The molecule has 2 aromatic carbocycles. The van der Waals surface area contributed by atoms with Gasteiger partial charge in [-0.25, -0.2) is 4.98 Å². The molecule has 4 rings (SSSR count). The Morgan fingerprint density at radius 2 is 1.88 bits per heavy atom. The van der Waals surface area contributed by atoms with Crippen molar-refractivity contribution in [1.29, 1.82) is 0 Å². The lowest BCUT2D eigenvalue weighted by atomic mass is 10.0. The third kappa shape index (κ3) is 7.38. The van der Waals surface area contributed by atoms with E-state index in [1.807, 2.05) is 18.2 Å². The summed E-state index contributed by atoms with van der Waals surface area (Å²) in [6, 6.07) is 12.7. The molecule has 1 aliphatic rings. The molecule has 0 aliphatic carbocycles. The van der Waals surface area contributed by atoms with Gasteiger partial charge in [0.1, 0.15) is 18.1 Å². The lowest BCUT2D eigenvalue weighted by Crippen LogP contribution is -2.46. The molecule has 12 heteroatoms. The number of rotatable bonds is 7. The smallest absolute Gasteiger partial charge is 0.280 e. The maximum Gasteiger partial charge on any atom is 0.280 e. The highest BCUT2D eigenvalue weighted by atomic mass is 32.2. The maximum atomic E-state index is 13.6. The number of hydrogen-bond donors (Lipinski definition) is 1. The number of carbonyl (C=O) groups excluding carboxylic acids is 1. The molecular weight excluding hydrogens is 546 g/mol. The zero-order chi connectivity index (χ0) is 29.7. The second-order valence-corrected chi connectivity index (χ2v) is 12.2. The summed E-state index contributed by atoms with van der Waals surface area (Å²) in [6.07, 6.45) is 2.59. The van der Waals surface area contributed by atoms with Crippen molar-refractivity contribution in [2.45, 2.75) is 37.6 Å². The number of imidazole rings is 1. The van der Waals surface area contributed by atoms with Gasteiger partial charge in [0, 0.05) is 58.8 Å². The number of ether oxygens (including phenoxy) is 3. The van der Waals surface area contributed by atoms with Crippen LogP contribution in [0.1, 0.15) is 29.8 Å². The number of methoxy groups -OCH3 is 2. The number of aryl methyl sites for hydroxylation is 1. The van der Waals surface area contributed by atoms with Crippen LogP contribution in [0.5, 0.6) is 11.5 Å². The van der Waals surface area contributed by atoms with Gasteiger partial charge in [0.2, 0.25) is 0 Å². The molecule has 3 aromatic rings. The Hall–Kier alpha value is -3.61. The van der Waals surface area contributed by atoms with Crippen molar-refractivity contribution >= 4 is 21.6 Å². The summed E-state index contributed by atoms with van der Waals surface area (Å²) in [5, 5.41) is -0.116. The van der Waals surface area contributed by atoms with E-state index in [4.69, 9.17) is 14.2 Å². The summed E-state index contributed by atoms with van der Waals surface area (Å²) < 4.78 is 47.3. The molecule has 0 bridgehead atoms. The Labute approximate surface area is 242 Å². The molecular formula is C29H39N5O6S. The number of amides is 1. The molecule has 0 spiro atoms. The number of hydrogen-bond acceptors (Lipinski definition) is 8. The van der Waals surface area contributed by atoms with Crippen LogP contribution in [-0.2, 0) is 28.4 Å². The standard InChI is InChI=1S/C29H39N5O6S/c1-20-14-34(15-22-8-7-9-24(12-22)38-5)21(2)18-40-26-11-10-23(31-41(36,37)28-17-32(3)19-30-28)13-25(26)29(35)33(4)16-27(20)39-6/h7-13,17,19-21,27,31H,14-16,18H2,1-6H3/t20-,21-,27-/m1/s1. The fourth-order valence-electron chi connectivity index (χ4n) is 4.88. The third-order valence-electron chi connectivity index (χ3n) is 7.30. The topological polar surface area (TPSA) is 115 Å². The van der Waals surface area contributed by atoms with Crippen molar-refractivity contribution in [2.24, 2.45) is 13.0 Å². The molecule has 0 saturated heterocycles. The normalized spacial score (nSPS) is 20.9. The predicted octanol–water partition coefficient (Wildman–Crippen LogP) is 3.24. The average Bonchev–Trinajstić information content (AvgIpc) is 3.40. The van der Waals surface area contributed by atoms with Gasteiger partial charge < -0.3 is 23.7 Å². The second-order valence-electron chi connectivity index (χ2n) is 10.6. The molecule has 2 heterocycles. The molecule has 1 amide bonds. The average molecular weight is 586 g/mol. The first-order valence-corrected chi connectivity index (χ1v) is 14.9. The van der Waals surface area contributed by atoms with E-state index in [1.165, 1.54) is 18.6 Å². The Morgan fingerprint density at radius 1 is 1.10 bits per heavy atom. The van der Waals surface area contributed by atoms with Gasteiger partial charge >= 0.3 is 0 Å². The molecule has 0 radical (unpaired) electrons. The van der Waals surface area contributed by atoms with Crippen LogP contribution in [0.4, 0.5) is 5.69 Å². The van der Waals surface area contributed by atoms with E-state index in [1.54, 1.807) is 49.9 Å². The molecule has 0 saturated carbocycles. The summed E-state index contributed by atoms with van der Waals surface area (Å²) >= 11 is 0. The van der Waals surface area contributed by atoms with Crippen LogP contribution in [0.15, 0.2) is 60.0 Å². The fourth-order valence-corrected chi connectivity index (χ4v) is 5.91. The van der Waals surface area contributed by atoms with Crippen molar-refractivity contribution in [2.75, 3.05) is 45.7 Å². The Morgan fingerprint density at radius 3 is 2.56 bits per heavy atom. The van der Waals surface area contributed by atoms with Gasteiger partial charge in [0.15, 0.2) is 5.03 Å².